The van der Waals surface area contributed by atoms with Crippen LogP contribution in [0.4, 0.5) is 0 Å². The average molecular weight is 279 g/mol. The number of hydrogen-bond acceptors (Lipinski definition) is 2. The van der Waals surface area contributed by atoms with E-state index in [1.165, 1.54) is 33.4 Å². The van der Waals surface area contributed by atoms with Gasteiger partial charge in [-0.25, -0.2) is 0 Å². The standard InChI is InChI=1S/C17H18BNS/c1-12-9-13(2)17(14(3)10-12)18-7-4-5-16(19-18)15-6-8-20-11-15/h4-11,19H,1-3H3. The van der Waals surface area contributed by atoms with Gasteiger partial charge in [-0.05, 0) is 49.1 Å². The first-order valence-electron chi connectivity index (χ1n) is 6.90. The zero-order valence-electron chi connectivity index (χ0n) is 12.1. The maximum atomic E-state index is 3.65. The summed E-state index contributed by atoms with van der Waals surface area (Å²) in [6.07, 6.45) is 4.31. The minimum Gasteiger partial charge on any atom is -0.420 e. The molecule has 0 spiro atoms. The van der Waals surface area contributed by atoms with Crippen molar-refractivity contribution in [1.82, 2.24) is 5.23 Å². The van der Waals surface area contributed by atoms with Crippen LogP contribution in [-0.4, -0.2) is 6.85 Å². The van der Waals surface area contributed by atoms with Crippen molar-refractivity contribution in [2.75, 3.05) is 0 Å². The largest absolute Gasteiger partial charge is 0.420 e. The molecule has 3 heteroatoms. The summed E-state index contributed by atoms with van der Waals surface area (Å²) in [6.45, 7) is 6.82. The van der Waals surface area contributed by atoms with Crippen LogP contribution in [-0.2, 0) is 0 Å². The van der Waals surface area contributed by atoms with E-state index in [4.69, 9.17) is 0 Å². The zero-order valence-corrected chi connectivity index (χ0v) is 12.9. The molecular weight excluding hydrogens is 261 g/mol. The maximum Gasteiger partial charge on any atom is 0.313 e. The van der Waals surface area contributed by atoms with Gasteiger partial charge in [-0.2, -0.15) is 11.3 Å². The fourth-order valence-electron chi connectivity index (χ4n) is 2.97. The second kappa shape index (κ2) is 5.33. The second-order valence-corrected chi connectivity index (χ2v) is 6.19. The lowest BCUT2D eigenvalue weighted by Gasteiger charge is -2.22. The van der Waals surface area contributed by atoms with Gasteiger partial charge < -0.3 is 5.23 Å². The molecular formula is C17H18BNS. The number of benzene rings is 1. The van der Waals surface area contributed by atoms with E-state index < -0.39 is 0 Å². The summed E-state index contributed by atoms with van der Waals surface area (Å²) in [6, 6.07) is 6.69. The van der Waals surface area contributed by atoms with Crippen LogP contribution < -0.4 is 10.7 Å². The van der Waals surface area contributed by atoms with E-state index in [1.54, 1.807) is 11.3 Å². The Balaban J connectivity index is 1.94. The van der Waals surface area contributed by atoms with Crippen LogP contribution in [0.1, 0.15) is 22.3 Å². The highest BCUT2D eigenvalue weighted by molar-refractivity contribution is 7.08. The monoisotopic (exact) mass is 279 g/mol. The summed E-state index contributed by atoms with van der Waals surface area (Å²) in [5.41, 5.74) is 7.92. The number of allylic oxidation sites excluding steroid dienone is 2. The Bertz CT molecular complexity index is 660. The van der Waals surface area contributed by atoms with Crippen molar-refractivity contribution in [3.8, 4) is 0 Å². The third-order valence-corrected chi connectivity index (χ3v) is 4.44. The molecule has 0 aliphatic carbocycles. The minimum absolute atomic E-state index is 0.260. The third kappa shape index (κ3) is 2.46. The Morgan fingerprint density at radius 1 is 1.10 bits per heavy atom. The van der Waals surface area contributed by atoms with Gasteiger partial charge in [-0.1, -0.05) is 40.9 Å². The van der Waals surface area contributed by atoms with Gasteiger partial charge in [0, 0.05) is 11.3 Å². The summed E-state index contributed by atoms with van der Waals surface area (Å²) in [7, 11) is 0. The molecule has 1 aromatic heterocycles. The Labute approximate surface area is 125 Å². The minimum atomic E-state index is 0.260. The van der Waals surface area contributed by atoms with Crippen molar-refractivity contribution in [1.29, 1.82) is 0 Å². The molecule has 1 aliphatic heterocycles. The van der Waals surface area contributed by atoms with E-state index in [0.717, 1.165) is 0 Å². The topological polar surface area (TPSA) is 12.0 Å². The van der Waals surface area contributed by atoms with Crippen molar-refractivity contribution in [3.63, 3.8) is 0 Å². The van der Waals surface area contributed by atoms with Gasteiger partial charge in [-0.3, -0.25) is 0 Å². The smallest absolute Gasteiger partial charge is 0.313 e. The first kappa shape index (κ1) is 13.3. The highest BCUT2D eigenvalue weighted by atomic mass is 32.1. The highest BCUT2D eigenvalue weighted by Gasteiger charge is 2.22. The quantitative estimate of drug-likeness (QED) is 0.828. The van der Waals surface area contributed by atoms with Gasteiger partial charge in [0.05, 0.1) is 0 Å². The molecule has 1 nitrogen and oxygen atoms in total. The molecule has 1 aromatic carbocycles. The molecule has 1 N–H and O–H groups in total. The van der Waals surface area contributed by atoms with Crippen LogP contribution in [0.2, 0.25) is 0 Å². The first-order chi connectivity index (χ1) is 9.65. The van der Waals surface area contributed by atoms with Crippen molar-refractivity contribution in [2.45, 2.75) is 20.8 Å². The third-order valence-electron chi connectivity index (χ3n) is 3.76. The van der Waals surface area contributed by atoms with Crippen molar-refractivity contribution in [2.24, 2.45) is 0 Å². The van der Waals surface area contributed by atoms with E-state index in [-0.39, 0.29) is 6.85 Å². The molecule has 100 valence electrons. The van der Waals surface area contributed by atoms with Gasteiger partial charge in [0.2, 0.25) is 0 Å². The van der Waals surface area contributed by atoms with Gasteiger partial charge in [0.15, 0.2) is 0 Å². The normalized spacial score (nSPS) is 14.2. The highest BCUT2D eigenvalue weighted by Crippen LogP contribution is 2.18. The zero-order chi connectivity index (χ0) is 14.1. The predicted molar refractivity (Wildman–Crippen MR) is 90.6 cm³/mol. The number of thiophene rings is 1. The molecule has 0 radical (unpaired) electrons. The molecule has 0 amide bonds. The fourth-order valence-corrected chi connectivity index (χ4v) is 3.63. The van der Waals surface area contributed by atoms with Gasteiger partial charge in [0.25, 0.3) is 0 Å². The average Bonchev–Trinajstić information content (AvgIpc) is 2.91. The lowest BCUT2D eigenvalue weighted by atomic mass is 9.52. The molecule has 20 heavy (non-hydrogen) atoms. The Hall–Kier alpha value is -1.74. The van der Waals surface area contributed by atoms with E-state index >= 15 is 0 Å². The van der Waals surface area contributed by atoms with Crippen LogP contribution in [0.15, 0.2) is 47.1 Å². The number of nitrogens with one attached hydrogen (secondary N) is 1. The SMILES string of the molecule is Cc1cc(C)c(B2C=CC=C(c3ccsc3)N2)c(C)c1. The molecule has 1 aliphatic rings. The Morgan fingerprint density at radius 2 is 1.85 bits per heavy atom. The second-order valence-electron chi connectivity index (χ2n) is 5.41. The van der Waals surface area contributed by atoms with Crippen LogP contribution in [0.3, 0.4) is 0 Å². The van der Waals surface area contributed by atoms with Crippen LogP contribution in [0, 0.1) is 20.8 Å². The van der Waals surface area contributed by atoms with E-state index in [9.17, 15) is 0 Å². The van der Waals surface area contributed by atoms with Crippen LogP contribution >= 0.6 is 11.3 Å². The van der Waals surface area contributed by atoms with Crippen LogP contribution in [0.5, 0.6) is 0 Å². The van der Waals surface area contributed by atoms with Gasteiger partial charge >= 0.3 is 6.85 Å². The first-order valence-corrected chi connectivity index (χ1v) is 7.85. The molecule has 0 fully saturated rings. The summed E-state index contributed by atoms with van der Waals surface area (Å²) in [5, 5.41) is 7.96. The van der Waals surface area contributed by atoms with E-state index in [2.05, 4.69) is 73.1 Å². The lowest BCUT2D eigenvalue weighted by Crippen LogP contribution is -2.46. The molecule has 0 saturated heterocycles. The summed E-state index contributed by atoms with van der Waals surface area (Å²) in [5.74, 6) is 2.24. The molecule has 3 rings (SSSR count). The Kier molecular flexibility index (Phi) is 3.54. The molecule has 2 heterocycles. The van der Waals surface area contributed by atoms with Crippen molar-refractivity contribution in [3.05, 3.63) is 69.3 Å². The maximum absolute atomic E-state index is 3.65. The van der Waals surface area contributed by atoms with E-state index in [1.807, 2.05) is 0 Å². The van der Waals surface area contributed by atoms with E-state index in [0.29, 0.717) is 0 Å². The molecule has 2 aromatic rings. The lowest BCUT2D eigenvalue weighted by molar-refractivity contribution is 1.30. The summed E-state index contributed by atoms with van der Waals surface area (Å²) < 4.78 is 0. The molecule has 0 bridgehead atoms. The number of rotatable bonds is 2. The van der Waals surface area contributed by atoms with Gasteiger partial charge in [0.1, 0.15) is 0 Å². The fraction of sp³-hybridized carbons (Fsp3) is 0.176. The Morgan fingerprint density at radius 3 is 2.50 bits per heavy atom. The number of aryl methyl sites for hydroxylation is 3. The van der Waals surface area contributed by atoms with Crippen molar-refractivity contribution < 1.29 is 0 Å². The van der Waals surface area contributed by atoms with Gasteiger partial charge in [-0.15, -0.1) is 0 Å². The summed E-state index contributed by atoms with van der Waals surface area (Å²) >= 11 is 1.73. The predicted octanol–water partition coefficient (Wildman–Crippen LogP) is 3.61. The van der Waals surface area contributed by atoms with Crippen LogP contribution in [0.25, 0.3) is 5.70 Å². The van der Waals surface area contributed by atoms with Crippen molar-refractivity contribution >= 4 is 29.3 Å². The molecule has 0 saturated carbocycles. The summed E-state index contributed by atoms with van der Waals surface area (Å²) in [4.78, 5) is 0. The number of hydrogen-bond donors (Lipinski definition) is 1. The molecule has 0 atom stereocenters. The molecule has 0 unspecified atom stereocenters.